The van der Waals surface area contributed by atoms with Gasteiger partial charge in [0.05, 0.1) is 5.60 Å². The molecule has 0 aliphatic carbocycles. The lowest BCUT2D eigenvalue weighted by molar-refractivity contribution is -0.107. The zero-order chi connectivity index (χ0) is 14.5. The van der Waals surface area contributed by atoms with Gasteiger partial charge < -0.3 is 10.1 Å². The average molecular weight is 307 g/mol. The summed E-state index contributed by atoms with van der Waals surface area (Å²) in [6.45, 7) is 4.04. The molecule has 0 radical (unpaired) electrons. The molecule has 1 N–H and O–H groups in total. The number of rotatable bonds is 4. The standard InChI is InChI=1S/C16H25N3OS/c1-2-19-15(14-10-17-12-18-11-14)13-3-6-20-16(9-13)4-7-21-8-5-16/h10-13,15,19H,2-9H2,1H3. The molecule has 0 aromatic carbocycles. The van der Waals surface area contributed by atoms with Crippen LogP contribution in [-0.4, -0.2) is 40.2 Å². The van der Waals surface area contributed by atoms with Crippen molar-refractivity contribution in [2.24, 2.45) is 5.92 Å². The van der Waals surface area contributed by atoms with Gasteiger partial charge in [0.2, 0.25) is 0 Å². The third kappa shape index (κ3) is 3.58. The smallest absolute Gasteiger partial charge is 0.115 e. The molecule has 2 unspecified atom stereocenters. The van der Waals surface area contributed by atoms with Crippen LogP contribution in [0.15, 0.2) is 18.7 Å². The van der Waals surface area contributed by atoms with Crippen molar-refractivity contribution in [1.82, 2.24) is 15.3 Å². The van der Waals surface area contributed by atoms with Crippen molar-refractivity contribution in [3.8, 4) is 0 Å². The Balaban J connectivity index is 1.76. The second kappa shape index (κ2) is 7.07. The fourth-order valence-electron chi connectivity index (χ4n) is 3.69. The van der Waals surface area contributed by atoms with Gasteiger partial charge in [-0.15, -0.1) is 0 Å². The molecule has 0 amide bonds. The predicted octanol–water partition coefficient (Wildman–Crippen LogP) is 2.82. The molecular weight excluding hydrogens is 282 g/mol. The van der Waals surface area contributed by atoms with Crippen LogP contribution in [0.4, 0.5) is 0 Å². The van der Waals surface area contributed by atoms with Crippen LogP contribution in [0, 0.1) is 5.92 Å². The van der Waals surface area contributed by atoms with Gasteiger partial charge in [-0.05, 0) is 49.7 Å². The van der Waals surface area contributed by atoms with E-state index in [-0.39, 0.29) is 5.60 Å². The molecule has 1 spiro atoms. The van der Waals surface area contributed by atoms with Gasteiger partial charge >= 0.3 is 0 Å². The normalized spacial score (nSPS) is 26.6. The van der Waals surface area contributed by atoms with Gasteiger partial charge in [0.1, 0.15) is 6.33 Å². The summed E-state index contributed by atoms with van der Waals surface area (Å²) in [7, 11) is 0. The van der Waals surface area contributed by atoms with Gasteiger partial charge in [0, 0.05) is 30.6 Å². The molecule has 2 saturated heterocycles. The molecule has 0 bridgehead atoms. The first-order valence-electron chi connectivity index (χ1n) is 8.03. The third-order valence-electron chi connectivity index (χ3n) is 4.77. The zero-order valence-electron chi connectivity index (χ0n) is 12.8. The summed E-state index contributed by atoms with van der Waals surface area (Å²) in [6, 6.07) is 0.353. The Morgan fingerprint density at radius 3 is 2.86 bits per heavy atom. The largest absolute Gasteiger partial charge is 0.375 e. The maximum absolute atomic E-state index is 6.23. The third-order valence-corrected chi connectivity index (χ3v) is 5.76. The molecule has 2 aliphatic heterocycles. The van der Waals surface area contributed by atoms with Gasteiger partial charge in [-0.2, -0.15) is 11.8 Å². The average Bonchev–Trinajstić information content (AvgIpc) is 2.54. The van der Waals surface area contributed by atoms with Gasteiger partial charge in [-0.3, -0.25) is 0 Å². The van der Waals surface area contributed by atoms with E-state index in [0.717, 1.165) is 19.6 Å². The van der Waals surface area contributed by atoms with Crippen LogP contribution in [0.1, 0.15) is 44.2 Å². The molecule has 21 heavy (non-hydrogen) atoms. The van der Waals surface area contributed by atoms with Crippen LogP contribution >= 0.6 is 11.8 Å². The van der Waals surface area contributed by atoms with E-state index in [1.807, 2.05) is 12.4 Å². The van der Waals surface area contributed by atoms with E-state index in [0.29, 0.717) is 12.0 Å². The van der Waals surface area contributed by atoms with Crippen LogP contribution in [0.5, 0.6) is 0 Å². The molecule has 4 nitrogen and oxygen atoms in total. The van der Waals surface area contributed by atoms with Crippen LogP contribution in [-0.2, 0) is 4.74 Å². The summed E-state index contributed by atoms with van der Waals surface area (Å²) >= 11 is 2.06. The SMILES string of the molecule is CCNC(c1cncnc1)C1CCOC2(CCSCC2)C1. The molecule has 2 fully saturated rings. The highest BCUT2D eigenvalue weighted by molar-refractivity contribution is 7.99. The van der Waals surface area contributed by atoms with Crippen molar-refractivity contribution < 1.29 is 4.74 Å². The Morgan fingerprint density at radius 1 is 1.38 bits per heavy atom. The first-order valence-corrected chi connectivity index (χ1v) is 9.18. The van der Waals surface area contributed by atoms with Crippen molar-refractivity contribution in [3.05, 3.63) is 24.3 Å². The lowest BCUT2D eigenvalue weighted by atomic mass is 9.77. The molecular formula is C16H25N3OS. The molecule has 3 rings (SSSR count). The van der Waals surface area contributed by atoms with Crippen LogP contribution in [0.2, 0.25) is 0 Å². The molecule has 1 aromatic heterocycles. The van der Waals surface area contributed by atoms with Crippen molar-refractivity contribution in [2.45, 2.75) is 44.2 Å². The molecule has 3 heterocycles. The summed E-state index contributed by atoms with van der Waals surface area (Å²) < 4.78 is 6.23. The van der Waals surface area contributed by atoms with E-state index in [4.69, 9.17) is 4.74 Å². The fraction of sp³-hybridized carbons (Fsp3) is 0.750. The van der Waals surface area contributed by atoms with Crippen molar-refractivity contribution >= 4 is 11.8 Å². The van der Waals surface area contributed by atoms with Gasteiger partial charge in [-0.25, -0.2) is 9.97 Å². The van der Waals surface area contributed by atoms with E-state index in [1.165, 1.54) is 36.3 Å². The zero-order valence-corrected chi connectivity index (χ0v) is 13.6. The Morgan fingerprint density at radius 2 is 2.14 bits per heavy atom. The minimum Gasteiger partial charge on any atom is -0.375 e. The number of nitrogens with one attached hydrogen (secondary N) is 1. The van der Waals surface area contributed by atoms with Crippen LogP contribution in [0.25, 0.3) is 0 Å². The van der Waals surface area contributed by atoms with Crippen molar-refractivity contribution in [1.29, 1.82) is 0 Å². The summed E-state index contributed by atoms with van der Waals surface area (Å²) in [5.74, 6) is 3.10. The van der Waals surface area contributed by atoms with E-state index in [1.54, 1.807) is 6.33 Å². The highest BCUT2D eigenvalue weighted by atomic mass is 32.2. The van der Waals surface area contributed by atoms with Crippen LogP contribution in [0.3, 0.4) is 0 Å². The summed E-state index contributed by atoms with van der Waals surface area (Å²) in [5, 5.41) is 3.65. The van der Waals surface area contributed by atoms with Gasteiger partial charge in [0.25, 0.3) is 0 Å². The summed E-state index contributed by atoms with van der Waals surface area (Å²) in [4.78, 5) is 8.40. The fourth-order valence-corrected chi connectivity index (χ4v) is 4.93. The lowest BCUT2D eigenvalue weighted by Crippen LogP contribution is -2.45. The topological polar surface area (TPSA) is 47.0 Å². The molecule has 116 valence electrons. The molecule has 2 atom stereocenters. The quantitative estimate of drug-likeness (QED) is 0.927. The van der Waals surface area contributed by atoms with E-state index in [2.05, 4.69) is 34.0 Å². The maximum Gasteiger partial charge on any atom is 0.115 e. The first-order chi connectivity index (χ1) is 10.3. The van der Waals surface area contributed by atoms with Crippen molar-refractivity contribution in [2.75, 3.05) is 24.7 Å². The van der Waals surface area contributed by atoms with E-state index >= 15 is 0 Å². The summed E-state index contributed by atoms with van der Waals surface area (Å²) in [5.41, 5.74) is 1.35. The predicted molar refractivity (Wildman–Crippen MR) is 86.4 cm³/mol. The van der Waals surface area contributed by atoms with Crippen LogP contribution < -0.4 is 5.32 Å². The number of thioether (sulfide) groups is 1. The molecule has 2 aliphatic rings. The number of nitrogens with zero attached hydrogens (tertiary/aromatic N) is 2. The molecule has 5 heteroatoms. The second-order valence-corrected chi connectivity index (χ2v) is 7.33. The Labute approximate surface area is 131 Å². The number of ether oxygens (including phenoxy) is 1. The minimum absolute atomic E-state index is 0.136. The minimum atomic E-state index is 0.136. The number of hydrogen-bond donors (Lipinski definition) is 1. The van der Waals surface area contributed by atoms with Gasteiger partial charge in [0.15, 0.2) is 0 Å². The van der Waals surface area contributed by atoms with E-state index < -0.39 is 0 Å². The Kier molecular flexibility index (Phi) is 5.14. The van der Waals surface area contributed by atoms with E-state index in [9.17, 15) is 0 Å². The number of aromatic nitrogens is 2. The maximum atomic E-state index is 6.23. The lowest BCUT2D eigenvalue weighted by Gasteiger charge is -2.45. The Bertz CT molecular complexity index is 431. The number of hydrogen-bond acceptors (Lipinski definition) is 5. The first kappa shape index (κ1) is 15.3. The Hall–Kier alpha value is -0.650. The highest BCUT2D eigenvalue weighted by Crippen LogP contribution is 2.43. The second-order valence-electron chi connectivity index (χ2n) is 6.10. The summed E-state index contributed by atoms with van der Waals surface area (Å²) in [6.07, 6.45) is 10.2. The van der Waals surface area contributed by atoms with Crippen molar-refractivity contribution in [3.63, 3.8) is 0 Å². The molecule has 1 aromatic rings. The van der Waals surface area contributed by atoms with Gasteiger partial charge in [-0.1, -0.05) is 6.92 Å². The highest BCUT2D eigenvalue weighted by Gasteiger charge is 2.41. The molecule has 0 saturated carbocycles. The monoisotopic (exact) mass is 307 g/mol.